The Labute approximate surface area is 89.1 Å². The van der Waals surface area contributed by atoms with Crippen molar-refractivity contribution in [1.29, 1.82) is 0 Å². The van der Waals surface area contributed by atoms with Gasteiger partial charge in [0, 0.05) is 19.5 Å². The Morgan fingerprint density at radius 2 is 2.40 bits per heavy atom. The van der Waals surface area contributed by atoms with Crippen molar-refractivity contribution >= 4 is 5.91 Å². The van der Waals surface area contributed by atoms with Gasteiger partial charge in [-0.3, -0.25) is 4.79 Å². The van der Waals surface area contributed by atoms with Crippen LogP contribution in [0.1, 0.15) is 23.0 Å². The molecule has 0 fully saturated rings. The Balaban J connectivity index is 2.50. The first kappa shape index (κ1) is 11.5. The van der Waals surface area contributed by atoms with Crippen LogP contribution in [0.25, 0.3) is 0 Å². The molecule has 1 aromatic rings. The molecular formula is C11H16N2O2. The number of hydrogen-bond acceptors (Lipinski definition) is 3. The van der Waals surface area contributed by atoms with E-state index < -0.39 is 0 Å². The molecule has 3 N–H and O–H groups in total. The van der Waals surface area contributed by atoms with Crippen molar-refractivity contribution in [2.24, 2.45) is 5.73 Å². The van der Waals surface area contributed by atoms with Gasteiger partial charge in [-0.2, -0.15) is 0 Å². The molecule has 0 aliphatic rings. The second-order valence-electron chi connectivity index (χ2n) is 3.03. The molecule has 0 aromatic carbocycles. The number of furan rings is 1. The van der Waals surface area contributed by atoms with Gasteiger partial charge in [-0.25, -0.2) is 0 Å². The highest BCUT2D eigenvalue weighted by Crippen LogP contribution is 2.10. The minimum Gasteiger partial charge on any atom is -0.469 e. The second-order valence-corrected chi connectivity index (χ2v) is 3.03. The molecule has 0 aliphatic carbocycles. The molecule has 0 saturated heterocycles. The molecule has 82 valence electrons. The summed E-state index contributed by atoms with van der Waals surface area (Å²) in [4.78, 5) is 11.6. The SMILES string of the molecule is CCc1occc1C(=O)NC/C=C/CN. The second kappa shape index (κ2) is 6.03. The first-order valence-electron chi connectivity index (χ1n) is 4.99. The highest BCUT2D eigenvalue weighted by atomic mass is 16.3. The zero-order valence-corrected chi connectivity index (χ0v) is 8.82. The lowest BCUT2D eigenvalue weighted by atomic mass is 10.2. The molecule has 0 saturated carbocycles. The molecule has 0 bridgehead atoms. The number of carbonyl (C=O) groups excluding carboxylic acids is 1. The van der Waals surface area contributed by atoms with Gasteiger partial charge >= 0.3 is 0 Å². The van der Waals surface area contributed by atoms with Crippen LogP contribution in [0.2, 0.25) is 0 Å². The number of rotatable bonds is 5. The molecular weight excluding hydrogens is 192 g/mol. The summed E-state index contributed by atoms with van der Waals surface area (Å²) < 4.78 is 5.16. The van der Waals surface area contributed by atoms with Gasteiger partial charge in [0.1, 0.15) is 5.76 Å². The molecule has 4 nitrogen and oxygen atoms in total. The van der Waals surface area contributed by atoms with Crippen molar-refractivity contribution < 1.29 is 9.21 Å². The zero-order valence-electron chi connectivity index (χ0n) is 8.82. The number of aryl methyl sites for hydroxylation is 1. The Morgan fingerprint density at radius 3 is 3.07 bits per heavy atom. The van der Waals surface area contributed by atoms with Gasteiger partial charge in [0.05, 0.1) is 11.8 Å². The Kier molecular flexibility index (Phi) is 4.63. The number of nitrogens with two attached hydrogens (primary N) is 1. The number of hydrogen-bond donors (Lipinski definition) is 2. The van der Waals surface area contributed by atoms with E-state index in [1.807, 2.05) is 13.0 Å². The topological polar surface area (TPSA) is 68.3 Å². The summed E-state index contributed by atoms with van der Waals surface area (Å²) in [7, 11) is 0. The lowest BCUT2D eigenvalue weighted by Crippen LogP contribution is -2.23. The maximum Gasteiger partial charge on any atom is 0.255 e. The molecule has 1 rings (SSSR count). The van der Waals surface area contributed by atoms with Crippen LogP contribution in [0.4, 0.5) is 0 Å². The summed E-state index contributed by atoms with van der Waals surface area (Å²) in [5.41, 5.74) is 5.88. The van der Waals surface area contributed by atoms with Crippen LogP contribution in [0, 0.1) is 0 Å². The van der Waals surface area contributed by atoms with Crippen LogP contribution in [-0.2, 0) is 6.42 Å². The zero-order chi connectivity index (χ0) is 11.1. The lowest BCUT2D eigenvalue weighted by molar-refractivity contribution is 0.0956. The normalized spacial score (nSPS) is 10.8. The average Bonchev–Trinajstić information content (AvgIpc) is 2.72. The van der Waals surface area contributed by atoms with Crippen molar-refractivity contribution in [3.05, 3.63) is 35.8 Å². The molecule has 0 aliphatic heterocycles. The first-order valence-corrected chi connectivity index (χ1v) is 4.99. The van der Waals surface area contributed by atoms with E-state index in [9.17, 15) is 4.79 Å². The third kappa shape index (κ3) is 3.25. The van der Waals surface area contributed by atoms with Crippen LogP contribution in [0.5, 0.6) is 0 Å². The van der Waals surface area contributed by atoms with Crippen molar-refractivity contribution in [2.75, 3.05) is 13.1 Å². The number of carbonyl (C=O) groups is 1. The number of nitrogens with one attached hydrogen (secondary N) is 1. The van der Waals surface area contributed by atoms with E-state index in [0.717, 1.165) is 5.76 Å². The van der Waals surface area contributed by atoms with Crippen molar-refractivity contribution in [2.45, 2.75) is 13.3 Å². The first-order chi connectivity index (χ1) is 7.29. The Bertz CT molecular complexity index is 342. The van der Waals surface area contributed by atoms with E-state index in [0.29, 0.717) is 25.1 Å². The fraction of sp³-hybridized carbons (Fsp3) is 0.364. The summed E-state index contributed by atoms with van der Waals surface area (Å²) in [6, 6.07) is 1.68. The van der Waals surface area contributed by atoms with Gasteiger partial charge in [0.2, 0.25) is 0 Å². The van der Waals surface area contributed by atoms with Gasteiger partial charge in [0.15, 0.2) is 0 Å². The van der Waals surface area contributed by atoms with E-state index in [-0.39, 0.29) is 5.91 Å². The van der Waals surface area contributed by atoms with Crippen molar-refractivity contribution in [1.82, 2.24) is 5.32 Å². The molecule has 0 atom stereocenters. The van der Waals surface area contributed by atoms with Gasteiger partial charge in [-0.1, -0.05) is 19.1 Å². The fourth-order valence-corrected chi connectivity index (χ4v) is 1.24. The van der Waals surface area contributed by atoms with Crippen LogP contribution >= 0.6 is 0 Å². The molecule has 1 amide bonds. The largest absolute Gasteiger partial charge is 0.469 e. The number of amides is 1. The minimum absolute atomic E-state index is 0.109. The maximum absolute atomic E-state index is 11.6. The lowest BCUT2D eigenvalue weighted by Gasteiger charge is -2.01. The summed E-state index contributed by atoms with van der Waals surface area (Å²) in [5, 5.41) is 2.75. The van der Waals surface area contributed by atoms with Crippen LogP contribution in [0.15, 0.2) is 28.9 Å². The van der Waals surface area contributed by atoms with E-state index in [1.165, 1.54) is 6.26 Å². The molecule has 15 heavy (non-hydrogen) atoms. The molecule has 0 spiro atoms. The minimum atomic E-state index is -0.109. The molecule has 1 aromatic heterocycles. The summed E-state index contributed by atoms with van der Waals surface area (Å²) in [6.45, 7) is 2.93. The van der Waals surface area contributed by atoms with Crippen LogP contribution in [0.3, 0.4) is 0 Å². The van der Waals surface area contributed by atoms with Gasteiger partial charge in [-0.05, 0) is 6.07 Å². The predicted octanol–water partition coefficient (Wildman–Crippen LogP) is 1.09. The standard InChI is InChI=1S/C11H16N2O2/c1-2-10-9(5-8-15-10)11(14)13-7-4-3-6-12/h3-5,8H,2,6-7,12H2,1H3,(H,13,14)/b4-3+. The van der Waals surface area contributed by atoms with Crippen LogP contribution in [-0.4, -0.2) is 19.0 Å². The predicted molar refractivity (Wildman–Crippen MR) is 58.6 cm³/mol. The summed E-state index contributed by atoms with van der Waals surface area (Å²) in [5.74, 6) is 0.609. The average molecular weight is 208 g/mol. The summed E-state index contributed by atoms with van der Waals surface area (Å²) in [6.07, 6.45) is 5.87. The molecule has 0 radical (unpaired) electrons. The Hall–Kier alpha value is -1.55. The monoisotopic (exact) mass is 208 g/mol. The summed E-state index contributed by atoms with van der Waals surface area (Å²) >= 11 is 0. The molecule has 4 heteroatoms. The van der Waals surface area contributed by atoms with E-state index in [1.54, 1.807) is 12.1 Å². The maximum atomic E-state index is 11.6. The third-order valence-electron chi connectivity index (χ3n) is 1.99. The fourth-order valence-electron chi connectivity index (χ4n) is 1.24. The van der Waals surface area contributed by atoms with Crippen LogP contribution < -0.4 is 11.1 Å². The highest BCUT2D eigenvalue weighted by molar-refractivity contribution is 5.95. The van der Waals surface area contributed by atoms with Gasteiger partial charge in [0.25, 0.3) is 5.91 Å². The third-order valence-corrected chi connectivity index (χ3v) is 1.99. The quantitative estimate of drug-likeness (QED) is 0.712. The van der Waals surface area contributed by atoms with Gasteiger partial charge in [-0.15, -0.1) is 0 Å². The van der Waals surface area contributed by atoms with E-state index in [2.05, 4.69) is 5.32 Å². The van der Waals surface area contributed by atoms with Crippen molar-refractivity contribution in [3.8, 4) is 0 Å². The molecule has 1 heterocycles. The highest BCUT2D eigenvalue weighted by Gasteiger charge is 2.11. The smallest absolute Gasteiger partial charge is 0.255 e. The van der Waals surface area contributed by atoms with Crippen molar-refractivity contribution in [3.63, 3.8) is 0 Å². The molecule has 0 unspecified atom stereocenters. The van der Waals surface area contributed by atoms with E-state index >= 15 is 0 Å². The van der Waals surface area contributed by atoms with Gasteiger partial charge < -0.3 is 15.5 Å². The van der Waals surface area contributed by atoms with E-state index in [4.69, 9.17) is 10.2 Å². The Morgan fingerprint density at radius 1 is 1.60 bits per heavy atom.